The SMILES string of the molecule is [CH2]C(Br)(Br)CCl. The van der Waals surface area contributed by atoms with Gasteiger partial charge in [0.1, 0.15) is 0 Å². The predicted octanol–water partition coefficient (Wildman–Crippen LogP) is 2.55. The summed E-state index contributed by atoms with van der Waals surface area (Å²) < 4.78 is -0.318. The van der Waals surface area contributed by atoms with Gasteiger partial charge in [-0.2, -0.15) is 0 Å². The van der Waals surface area contributed by atoms with Crippen molar-refractivity contribution in [3.8, 4) is 0 Å². The van der Waals surface area contributed by atoms with Gasteiger partial charge in [0, 0.05) is 5.88 Å². The summed E-state index contributed by atoms with van der Waals surface area (Å²) in [5.74, 6) is 0.465. The summed E-state index contributed by atoms with van der Waals surface area (Å²) in [6.45, 7) is 3.59. The molecule has 0 saturated carbocycles. The van der Waals surface area contributed by atoms with Crippen LogP contribution in [0.15, 0.2) is 0 Å². The molecule has 0 aromatic heterocycles. The molecule has 6 heavy (non-hydrogen) atoms. The van der Waals surface area contributed by atoms with Crippen molar-refractivity contribution in [2.45, 2.75) is 3.23 Å². The van der Waals surface area contributed by atoms with E-state index in [2.05, 4.69) is 38.8 Å². The van der Waals surface area contributed by atoms with Crippen molar-refractivity contribution in [2.24, 2.45) is 0 Å². The molecule has 0 aromatic carbocycles. The van der Waals surface area contributed by atoms with Crippen LogP contribution in [-0.4, -0.2) is 9.11 Å². The summed E-state index contributed by atoms with van der Waals surface area (Å²) in [4.78, 5) is 0. The Morgan fingerprint density at radius 1 is 1.67 bits per heavy atom. The highest BCUT2D eigenvalue weighted by molar-refractivity contribution is 9.25. The molecule has 0 atom stereocenters. The maximum absolute atomic E-state index is 5.32. The van der Waals surface area contributed by atoms with Crippen molar-refractivity contribution in [1.29, 1.82) is 0 Å². The zero-order valence-electron chi connectivity index (χ0n) is 3.05. The van der Waals surface area contributed by atoms with Crippen molar-refractivity contribution in [3.05, 3.63) is 6.92 Å². The lowest BCUT2D eigenvalue weighted by molar-refractivity contribution is 1.22. The van der Waals surface area contributed by atoms with E-state index in [0.717, 1.165) is 0 Å². The Bertz CT molecular complexity index is 38.5. The number of halogens is 3. The summed E-state index contributed by atoms with van der Waals surface area (Å²) in [5, 5.41) is 0. The van der Waals surface area contributed by atoms with Crippen LogP contribution in [0.2, 0.25) is 0 Å². The Morgan fingerprint density at radius 3 is 1.83 bits per heavy atom. The molecule has 1 radical (unpaired) electrons. The second-order valence-electron chi connectivity index (χ2n) is 0.990. The normalized spacial score (nSPS) is 12.0. The maximum Gasteiger partial charge on any atom is 0.0940 e. The van der Waals surface area contributed by atoms with E-state index < -0.39 is 0 Å². The zero-order chi connectivity index (χ0) is 5.21. The lowest BCUT2D eigenvalue weighted by Crippen LogP contribution is -2.04. The first-order valence-corrected chi connectivity index (χ1v) is 3.47. The first-order chi connectivity index (χ1) is 2.56. The third-order valence-electron chi connectivity index (χ3n) is 0.196. The van der Waals surface area contributed by atoms with Gasteiger partial charge in [0.15, 0.2) is 0 Å². The molecule has 0 aliphatic heterocycles. The van der Waals surface area contributed by atoms with Crippen LogP contribution < -0.4 is 0 Å². The molecule has 0 N–H and O–H groups in total. The molecular formula is C3H4Br2Cl. The molecule has 0 fully saturated rings. The second kappa shape index (κ2) is 2.53. The standard InChI is InChI=1S/C3H4Br2Cl/c1-3(4,5)2-6/h1-2H2. The van der Waals surface area contributed by atoms with Gasteiger partial charge in [-0.15, -0.1) is 11.6 Å². The van der Waals surface area contributed by atoms with Gasteiger partial charge in [-0.25, -0.2) is 0 Å². The van der Waals surface area contributed by atoms with Gasteiger partial charge in [0.25, 0.3) is 0 Å². The highest BCUT2D eigenvalue weighted by Gasteiger charge is 2.11. The topological polar surface area (TPSA) is 0 Å². The number of alkyl halides is 3. The van der Waals surface area contributed by atoms with Gasteiger partial charge in [0.05, 0.1) is 3.23 Å². The third kappa shape index (κ3) is 5.25. The van der Waals surface area contributed by atoms with Crippen LogP contribution in [0.5, 0.6) is 0 Å². The summed E-state index contributed by atoms with van der Waals surface area (Å²) in [6, 6.07) is 0. The van der Waals surface area contributed by atoms with Gasteiger partial charge in [-0.05, 0) is 6.92 Å². The van der Waals surface area contributed by atoms with Crippen LogP contribution >= 0.6 is 43.5 Å². The average Bonchev–Trinajstić information content (AvgIpc) is 1.35. The Balaban J connectivity index is 3.17. The van der Waals surface area contributed by atoms with E-state index in [-0.39, 0.29) is 3.23 Å². The highest BCUT2D eigenvalue weighted by Crippen LogP contribution is 2.25. The van der Waals surface area contributed by atoms with Crippen molar-refractivity contribution < 1.29 is 0 Å². The van der Waals surface area contributed by atoms with E-state index in [1.165, 1.54) is 0 Å². The Morgan fingerprint density at radius 2 is 1.83 bits per heavy atom. The molecule has 0 aromatic rings. The molecule has 0 bridgehead atoms. The van der Waals surface area contributed by atoms with Gasteiger partial charge >= 0.3 is 0 Å². The second-order valence-corrected chi connectivity index (χ2v) is 5.36. The van der Waals surface area contributed by atoms with E-state index in [1.54, 1.807) is 0 Å². The van der Waals surface area contributed by atoms with E-state index >= 15 is 0 Å². The minimum Gasteiger partial charge on any atom is -0.124 e. The van der Waals surface area contributed by atoms with Crippen molar-refractivity contribution in [3.63, 3.8) is 0 Å². The monoisotopic (exact) mass is 233 g/mol. The van der Waals surface area contributed by atoms with Crippen molar-refractivity contribution in [1.82, 2.24) is 0 Å². The largest absolute Gasteiger partial charge is 0.124 e. The molecule has 3 heteroatoms. The summed E-state index contributed by atoms with van der Waals surface area (Å²) in [6.07, 6.45) is 0. The summed E-state index contributed by atoms with van der Waals surface area (Å²) in [5.41, 5.74) is 0. The minimum absolute atomic E-state index is 0.318. The summed E-state index contributed by atoms with van der Waals surface area (Å²) in [7, 11) is 0. The van der Waals surface area contributed by atoms with Gasteiger partial charge < -0.3 is 0 Å². The highest BCUT2D eigenvalue weighted by atomic mass is 79.9. The molecule has 0 nitrogen and oxygen atoms in total. The molecule has 0 saturated heterocycles. The summed E-state index contributed by atoms with van der Waals surface area (Å²) >= 11 is 11.6. The molecule has 0 aliphatic carbocycles. The fourth-order valence-corrected chi connectivity index (χ4v) is 0. The lowest BCUT2D eigenvalue weighted by Gasteiger charge is -2.05. The molecule has 0 aliphatic rings. The van der Waals surface area contributed by atoms with E-state index in [9.17, 15) is 0 Å². The van der Waals surface area contributed by atoms with Crippen LogP contribution in [0.4, 0.5) is 0 Å². The Kier molecular flexibility index (Phi) is 3.06. The predicted molar refractivity (Wildman–Crippen MR) is 36.7 cm³/mol. The fourth-order valence-electron chi connectivity index (χ4n) is 0. The molecule has 37 valence electrons. The quantitative estimate of drug-likeness (QED) is 0.613. The smallest absolute Gasteiger partial charge is 0.0940 e. The van der Waals surface area contributed by atoms with Crippen molar-refractivity contribution in [2.75, 3.05) is 5.88 Å². The van der Waals surface area contributed by atoms with Gasteiger partial charge in [-0.1, -0.05) is 31.9 Å². The first-order valence-electron chi connectivity index (χ1n) is 1.35. The maximum atomic E-state index is 5.32. The number of hydrogen-bond acceptors (Lipinski definition) is 0. The molecular weight excluding hydrogens is 231 g/mol. The molecule has 0 spiro atoms. The Hall–Kier alpha value is 1.25. The van der Waals surface area contributed by atoms with Gasteiger partial charge in [-0.3, -0.25) is 0 Å². The minimum atomic E-state index is -0.318. The van der Waals surface area contributed by atoms with Crippen LogP contribution in [0.1, 0.15) is 0 Å². The third-order valence-corrected chi connectivity index (χ3v) is 1.86. The average molecular weight is 235 g/mol. The molecule has 0 heterocycles. The Labute approximate surface area is 59.5 Å². The zero-order valence-corrected chi connectivity index (χ0v) is 6.98. The molecule has 0 amide bonds. The van der Waals surface area contributed by atoms with Crippen LogP contribution in [0.3, 0.4) is 0 Å². The van der Waals surface area contributed by atoms with Gasteiger partial charge in [0.2, 0.25) is 0 Å². The fraction of sp³-hybridized carbons (Fsp3) is 0.667. The van der Waals surface area contributed by atoms with Crippen LogP contribution in [0.25, 0.3) is 0 Å². The van der Waals surface area contributed by atoms with Crippen molar-refractivity contribution >= 4 is 43.5 Å². The number of rotatable bonds is 1. The van der Waals surface area contributed by atoms with Crippen LogP contribution in [-0.2, 0) is 0 Å². The number of hydrogen-bond donors (Lipinski definition) is 0. The molecule has 0 rings (SSSR count). The van der Waals surface area contributed by atoms with E-state index in [0.29, 0.717) is 5.88 Å². The van der Waals surface area contributed by atoms with E-state index in [4.69, 9.17) is 11.6 Å². The first kappa shape index (κ1) is 7.25. The van der Waals surface area contributed by atoms with Crippen LogP contribution in [0, 0.1) is 6.92 Å². The molecule has 0 unspecified atom stereocenters. The van der Waals surface area contributed by atoms with E-state index in [1.807, 2.05) is 0 Å². The lowest BCUT2D eigenvalue weighted by atomic mass is 10.6.